The maximum absolute atomic E-state index is 13.0. The van der Waals surface area contributed by atoms with E-state index < -0.39 is 5.97 Å². The smallest absolute Gasteiger partial charge is 0.310 e. The minimum atomic E-state index is -0.455. The molecule has 7 nitrogen and oxygen atoms in total. The van der Waals surface area contributed by atoms with Crippen LogP contribution in [0.4, 0.5) is 0 Å². The second-order valence-corrected chi connectivity index (χ2v) is 6.67. The number of nitrogens with one attached hydrogen (secondary N) is 1. The normalized spacial score (nSPS) is 11.1. The Kier molecular flexibility index (Phi) is 6.49. The zero-order valence-corrected chi connectivity index (χ0v) is 16.5. The van der Waals surface area contributed by atoms with Gasteiger partial charge in [0.25, 0.3) is 0 Å². The van der Waals surface area contributed by atoms with E-state index in [0.717, 1.165) is 6.42 Å². The summed E-state index contributed by atoms with van der Waals surface area (Å²) < 4.78 is 15.3. The van der Waals surface area contributed by atoms with Crippen LogP contribution in [-0.4, -0.2) is 42.2 Å². The van der Waals surface area contributed by atoms with Crippen molar-refractivity contribution in [3.63, 3.8) is 0 Å². The van der Waals surface area contributed by atoms with Crippen molar-refractivity contribution >= 4 is 34.3 Å². The minimum absolute atomic E-state index is 0.0622. The molecule has 1 N–H and O–H groups in total. The number of hydrogen-bond acceptors (Lipinski definition) is 6. The first-order valence-corrected chi connectivity index (χ1v) is 9.36. The van der Waals surface area contributed by atoms with Crippen molar-refractivity contribution in [3.05, 3.63) is 52.0 Å². The third kappa shape index (κ3) is 4.43. The number of benzene rings is 1. The molecule has 148 valence electrons. The summed E-state index contributed by atoms with van der Waals surface area (Å²) in [6.45, 7) is 3.22. The molecule has 0 saturated carbocycles. The van der Waals surface area contributed by atoms with Crippen molar-refractivity contribution < 1.29 is 23.6 Å². The second-order valence-electron chi connectivity index (χ2n) is 6.23. The monoisotopic (exact) mass is 404 g/mol. The molecule has 2 heterocycles. The number of aryl methyl sites for hydroxylation is 1. The molecule has 0 unspecified atom stereocenters. The lowest BCUT2D eigenvalue weighted by atomic mass is 10.0. The predicted octanol–water partition coefficient (Wildman–Crippen LogP) is 3.72. The molecule has 0 saturated heterocycles. The van der Waals surface area contributed by atoms with Gasteiger partial charge in [-0.3, -0.25) is 9.59 Å². The highest BCUT2D eigenvalue weighted by Gasteiger charge is 2.24. The molecule has 0 bridgehead atoms. The molecule has 0 spiro atoms. The number of H-pyrrole nitrogens is 1. The Morgan fingerprint density at radius 2 is 2.11 bits per heavy atom. The van der Waals surface area contributed by atoms with Crippen LogP contribution in [0, 0.1) is 0 Å². The van der Waals surface area contributed by atoms with Crippen LogP contribution in [0.5, 0.6) is 0 Å². The summed E-state index contributed by atoms with van der Waals surface area (Å²) in [6.07, 6.45) is 1.37. The maximum Gasteiger partial charge on any atom is 0.310 e. The van der Waals surface area contributed by atoms with Gasteiger partial charge in [-0.2, -0.15) is 0 Å². The van der Waals surface area contributed by atoms with Crippen LogP contribution in [0.25, 0.3) is 10.9 Å². The number of halogens is 1. The number of hydrogen-bond donors (Lipinski definition) is 1. The summed E-state index contributed by atoms with van der Waals surface area (Å²) in [5.41, 5.74) is 2.16. The molecule has 3 aromatic rings. The fourth-order valence-corrected chi connectivity index (χ4v) is 3.15. The van der Waals surface area contributed by atoms with Gasteiger partial charge in [0.1, 0.15) is 0 Å². The number of carbonyl (C=O) groups is 2. The van der Waals surface area contributed by atoms with Crippen LogP contribution in [0.1, 0.15) is 40.9 Å². The zero-order chi connectivity index (χ0) is 20.1. The Bertz CT molecular complexity index is 992. The van der Waals surface area contributed by atoms with Gasteiger partial charge in [-0.25, -0.2) is 0 Å². The van der Waals surface area contributed by atoms with Gasteiger partial charge in [0.2, 0.25) is 11.5 Å². The summed E-state index contributed by atoms with van der Waals surface area (Å²) in [4.78, 5) is 27.9. The van der Waals surface area contributed by atoms with Crippen molar-refractivity contribution in [1.29, 1.82) is 0 Å². The van der Waals surface area contributed by atoms with E-state index in [-0.39, 0.29) is 23.7 Å². The number of rotatable bonds is 9. The number of fused-ring (bicyclic) bond motifs is 1. The fraction of sp³-hybridized carbons (Fsp3) is 0.350. The van der Waals surface area contributed by atoms with Gasteiger partial charge < -0.3 is 19.0 Å². The van der Waals surface area contributed by atoms with Gasteiger partial charge in [-0.05, 0) is 38.0 Å². The number of aromatic amines is 1. The lowest BCUT2D eigenvalue weighted by Crippen LogP contribution is -2.10. The SMILES string of the molecule is CCOCCCc1cc(C(=O)c2[nH]c3ccc(Cl)cc3c2CC(=O)OC)on1. The summed E-state index contributed by atoms with van der Waals surface area (Å²) in [5, 5.41) is 5.16. The van der Waals surface area contributed by atoms with Crippen molar-refractivity contribution in [3.8, 4) is 0 Å². The number of nitrogens with zero attached hydrogens (tertiary/aromatic N) is 1. The van der Waals surface area contributed by atoms with Gasteiger partial charge in [-0.15, -0.1) is 0 Å². The topological polar surface area (TPSA) is 94.4 Å². The lowest BCUT2D eigenvalue weighted by molar-refractivity contribution is -0.139. The molecule has 0 amide bonds. The van der Waals surface area contributed by atoms with Crippen LogP contribution >= 0.6 is 11.6 Å². The van der Waals surface area contributed by atoms with E-state index >= 15 is 0 Å². The molecule has 0 aliphatic heterocycles. The van der Waals surface area contributed by atoms with Crippen molar-refractivity contribution in [1.82, 2.24) is 10.1 Å². The van der Waals surface area contributed by atoms with Gasteiger partial charge >= 0.3 is 5.97 Å². The molecule has 1 aromatic carbocycles. The molecule has 2 aromatic heterocycles. The molecule has 8 heteroatoms. The number of aromatic nitrogens is 2. The van der Waals surface area contributed by atoms with E-state index in [1.165, 1.54) is 7.11 Å². The number of carbonyl (C=O) groups excluding carboxylic acids is 2. The largest absolute Gasteiger partial charge is 0.469 e. The fourth-order valence-electron chi connectivity index (χ4n) is 2.97. The highest BCUT2D eigenvalue weighted by atomic mass is 35.5. The van der Waals surface area contributed by atoms with Gasteiger partial charge in [0, 0.05) is 40.8 Å². The summed E-state index contributed by atoms with van der Waals surface area (Å²) in [5.74, 6) is -0.728. The molecule has 28 heavy (non-hydrogen) atoms. The third-order valence-corrected chi connectivity index (χ3v) is 4.59. The Morgan fingerprint density at radius 1 is 1.29 bits per heavy atom. The second kappa shape index (κ2) is 9.03. The van der Waals surface area contributed by atoms with Crippen molar-refractivity contribution in [2.24, 2.45) is 0 Å². The number of esters is 1. The Balaban J connectivity index is 1.89. The zero-order valence-electron chi connectivity index (χ0n) is 15.7. The first kappa shape index (κ1) is 20.1. The molecular weight excluding hydrogens is 384 g/mol. The number of ketones is 1. The van der Waals surface area contributed by atoms with E-state index in [9.17, 15) is 9.59 Å². The first-order valence-electron chi connectivity index (χ1n) is 8.98. The Morgan fingerprint density at radius 3 is 2.86 bits per heavy atom. The van der Waals surface area contributed by atoms with Crippen LogP contribution < -0.4 is 0 Å². The van der Waals surface area contributed by atoms with Crippen LogP contribution in [0.2, 0.25) is 5.02 Å². The van der Waals surface area contributed by atoms with Gasteiger partial charge in [0.05, 0.1) is 24.9 Å². The number of methoxy groups -OCH3 is 1. The lowest BCUT2D eigenvalue weighted by Gasteiger charge is -2.02. The van der Waals surface area contributed by atoms with E-state index in [0.29, 0.717) is 46.8 Å². The first-order chi connectivity index (χ1) is 13.5. The molecule has 0 aliphatic rings. The Hall–Kier alpha value is -2.64. The van der Waals surface area contributed by atoms with Crippen LogP contribution in [0.15, 0.2) is 28.8 Å². The van der Waals surface area contributed by atoms with E-state index in [4.69, 9.17) is 25.6 Å². The minimum Gasteiger partial charge on any atom is -0.469 e. The van der Waals surface area contributed by atoms with Crippen molar-refractivity contribution in [2.45, 2.75) is 26.2 Å². The average molecular weight is 405 g/mol. The standard InChI is InChI=1S/C20H21ClN2O5/c1-3-27-8-4-5-13-10-17(28-23-13)20(25)19-15(11-18(24)26-2)14-9-12(21)6-7-16(14)22-19/h6-7,9-10,22H,3-5,8,11H2,1-2H3. The van der Waals surface area contributed by atoms with E-state index in [1.54, 1.807) is 24.3 Å². The molecule has 0 atom stereocenters. The molecular formula is C20H21ClN2O5. The van der Waals surface area contributed by atoms with Crippen LogP contribution in [-0.2, 0) is 27.1 Å². The molecule has 0 radical (unpaired) electrons. The third-order valence-electron chi connectivity index (χ3n) is 4.35. The highest BCUT2D eigenvalue weighted by molar-refractivity contribution is 6.31. The number of ether oxygens (including phenoxy) is 2. The van der Waals surface area contributed by atoms with Crippen LogP contribution in [0.3, 0.4) is 0 Å². The highest BCUT2D eigenvalue weighted by Crippen LogP contribution is 2.28. The molecule has 0 fully saturated rings. The average Bonchev–Trinajstić information content (AvgIpc) is 3.30. The summed E-state index contributed by atoms with van der Waals surface area (Å²) in [6, 6.07) is 6.80. The van der Waals surface area contributed by atoms with E-state index in [1.807, 2.05) is 6.92 Å². The van der Waals surface area contributed by atoms with E-state index in [2.05, 4.69) is 10.1 Å². The van der Waals surface area contributed by atoms with Gasteiger partial charge in [-0.1, -0.05) is 16.8 Å². The predicted molar refractivity (Wildman–Crippen MR) is 104 cm³/mol. The van der Waals surface area contributed by atoms with Crippen molar-refractivity contribution in [2.75, 3.05) is 20.3 Å². The quantitative estimate of drug-likeness (QED) is 0.332. The molecule has 3 rings (SSSR count). The summed E-state index contributed by atoms with van der Waals surface area (Å²) in [7, 11) is 1.30. The Labute approximate surface area is 166 Å². The van der Waals surface area contributed by atoms with Gasteiger partial charge in [0.15, 0.2) is 0 Å². The molecule has 0 aliphatic carbocycles. The summed E-state index contributed by atoms with van der Waals surface area (Å²) >= 11 is 6.09. The maximum atomic E-state index is 13.0.